The van der Waals surface area contributed by atoms with Gasteiger partial charge in [0.05, 0.1) is 10.0 Å². The Hall–Kier alpha value is -3.31. The van der Waals surface area contributed by atoms with Crippen LogP contribution in [0.1, 0.15) is 5.56 Å². The Morgan fingerprint density at radius 2 is 1.63 bits per heavy atom. The second kappa shape index (κ2) is 7.84. The average Bonchev–Trinajstić information content (AvgIpc) is 3.19. The molecule has 0 atom stereocenters. The third kappa shape index (κ3) is 3.76. The highest BCUT2D eigenvalue weighted by atomic mass is 79.9. The zero-order chi connectivity index (χ0) is 20.5. The highest BCUT2D eigenvalue weighted by Crippen LogP contribution is 2.29. The van der Waals surface area contributed by atoms with Gasteiger partial charge in [-0.3, -0.25) is 0 Å². The summed E-state index contributed by atoms with van der Waals surface area (Å²) in [6.45, 7) is 0.414. The second-order valence-corrected chi connectivity index (χ2v) is 7.99. The Labute approximate surface area is 181 Å². The lowest BCUT2D eigenvalue weighted by atomic mass is 10.1. The third-order valence-electron chi connectivity index (χ3n) is 4.94. The summed E-state index contributed by atoms with van der Waals surface area (Å²) < 4.78 is 22.9. The summed E-state index contributed by atoms with van der Waals surface area (Å²) in [5.74, 6) is 0.306. The van der Waals surface area contributed by atoms with E-state index in [4.69, 9.17) is 9.40 Å². The van der Waals surface area contributed by atoms with Crippen LogP contribution in [0.15, 0.2) is 100 Å². The minimum absolute atomic E-state index is 0.221. The Balaban J connectivity index is 1.52. The summed E-state index contributed by atoms with van der Waals surface area (Å²) in [6, 6.07) is 24.9. The quantitative estimate of drug-likeness (QED) is 0.291. The molecular weight excluding hydrogens is 443 g/mol. The lowest BCUT2D eigenvalue weighted by Crippen LogP contribution is -2.34. The topological polar surface area (TPSA) is 29.9 Å². The molecule has 2 aromatic heterocycles. The van der Waals surface area contributed by atoms with Gasteiger partial charge >= 0.3 is 0 Å². The van der Waals surface area contributed by atoms with Crippen LogP contribution in [-0.2, 0) is 6.54 Å². The van der Waals surface area contributed by atoms with Crippen molar-refractivity contribution >= 4 is 27.0 Å². The molecule has 0 aliphatic heterocycles. The Kier molecular flexibility index (Phi) is 4.89. The van der Waals surface area contributed by atoms with E-state index in [1.54, 1.807) is 12.1 Å². The molecule has 30 heavy (non-hydrogen) atoms. The lowest BCUT2D eigenvalue weighted by molar-refractivity contribution is -0.688. The number of fused-ring (bicyclic) bond motifs is 1. The van der Waals surface area contributed by atoms with Gasteiger partial charge in [-0.2, -0.15) is 4.57 Å². The van der Waals surface area contributed by atoms with Crippen LogP contribution in [0.5, 0.6) is 0 Å². The second-order valence-electron chi connectivity index (χ2n) is 7.07. The van der Waals surface area contributed by atoms with E-state index in [0.717, 1.165) is 32.3 Å². The van der Waals surface area contributed by atoms with Crippen LogP contribution < -0.4 is 4.57 Å². The molecule has 5 aromatic rings. The molecule has 2 heterocycles. The van der Waals surface area contributed by atoms with Gasteiger partial charge in [-0.25, -0.2) is 9.37 Å². The van der Waals surface area contributed by atoms with Crippen molar-refractivity contribution in [1.29, 1.82) is 0 Å². The minimum atomic E-state index is -0.221. The van der Waals surface area contributed by atoms with Crippen molar-refractivity contribution in [2.45, 2.75) is 6.54 Å². The van der Waals surface area contributed by atoms with Crippen molar-refractivity contribution in [3.8, 4) is 22.6 Å². The van der Waals surface area contributed by atoms with E-state index < -0.39 is 0 Å². The Bertz CT molecular complexity index is 1350. The van der Waals surface area contributed by atoms with Crippen LogP contribution in [0.25, 0.3) is 33.7 Å². The molecule has 0 N–H and O–H groups in total. The fourth-order valence-electron chi connectivity index (χ4n) is 3.49. The Morgan fingerprint density at radius 3 is 2.47 bits per heavy atom. The van der Waals surface area contributed by atoms with E-state index in [1.165, 1.54) is 6.07 Å². The molecule has 0 radical (unpaired) electrons. The van der Waals surface area contributed by atoms with E-state index in [0.29, 0.717) is 18.0 Å². The van der Waals surface area contributed by atoms with Gasteiger partial charge in [0.25, 0.3) is 0 Å². The smallest absolute Gasteiger partial charge is 0.233 e. The van der Waals surface area contributed by atoms with Gasteiger partial charge in [-0.05, 0) is 57.4 Å². The maximum absolute atomic E-state index is 14.1. The fraction of sp³-hybridized carbons (Fsp3) is 0.0400. The highest BCUT2D eigenvalue weighted by molar-refractivity contribution is 9.10. The monoisotopic (exact) mass is 459 g/mol. The van der Waals surface area contributed by atoms with Gasteiger partial charge in [-0.15, -0.1) is 0 Å². The van der Waals surface area contributed by atoms with Crippen molar-refractivity contribution in [2.75, 3.05) is 0 Å². The molecular formula is C25H17BrFN2O+. The molecule has 0 aliphatic rings. The number of halogens is 2. The van der Waals surface area contributed by atoms with E-state index in [9.17, 15) is 4.39 Å². The SMILES string of the molecule is Fc1ccccc1C[n+]1cc(Br)cc(-c2nc3cc(-c4ccccc4)ccc3o2)c1. The maximum Gasteiger partial charge on any atom is 0.233 e. The summed E-state index contributed by atoms with van der Waals surface area (Å²) in [6.07, 6.45) is 3.83. The van der Waals surface area contributed by atoms with E-state index in [1.807, 2.05) is 65.5 Å². The van der Waals surface area contributed by atoms with Gasteiger partial charge in [0.15, 0.2) is 24.5 Å². The molecule has 3 aromatic carbocycles. The largest absolute Gasteiger partial charge is 0.436 e. The zero-order valence-corrected chi connectivity index (χ0v) is 17.5. The maximum atomic E-state index is 14.1. The first kappa shape index (κ1) is 18.7. The van der Waals surface area contributed by atoms with E-state index in [2.05, 4.69) is 28.1 Å². The van der Waals surface area contributed by atoms with Crippen LogP contribution in [-0.4, -0.2) is 4.98 Å². The molecule has 5 heteroatoms. The number of hydrogen-bond acceptors (Lipinski definition) is 2. The van der Waals surface area contributed by atoms with Gasteiger partial charge in [0.2, 0.25) is 5.89 Å². The summed E-state index contributed by atoms with van der Waals surface area (Å²) in [5.41, 5.74) is 5.19. The van der Waals surface area contributed by atoms with Crippen LogP contribution in [0.2, 0.25) is 0 Å². The first-order chi connectivity index (χ1) is 14.7. The number of benzene rings is 3. The predicted molar refractivity (Wildman–Crippen MR) is 118 cm³/mol. The molecule has 0 saturated heterocycles. The minimum Gasteiger partial charge on any atom is -0.436 e. The standard InChI is InChI=1S/C25H17BrFN2O/c26-21-12-20(15-29(16-21)14-19-8-4-5-9-22(19)27)25-28-23-13-18(10-11-24(23)30-25)17-6-2-1-3-7-17/h1-13,15-16H,14H2/q+1. The molecule has 0 bridgehead atoms. The first-order valence-electron chi connectivity index (χ1n) is 9.55. The molecule has 5 rings (SSSR count). The zero-order valence-electron chi connectivity index (χ0n) is 15.9. The van der Waals surface area contributed by atoms with Gasteiger partial charge in [0, 0.05) is 0 Å². The van der Waals surface area contributed by atoms with Crippen LogP contribution in [0.3, 0.4) is 0 Å². The molecule has 0 saturated carbocycles. The highest BCUT2D eigenvalue weighted by Gasteiger charge is 2.16. The Morgan fingerprint density at radius 1 is 0.833 bits per heavy atom. The molecule has 0 spiro atoms. The first-order valence-corrected chi connectivity index (χ1v) is 10.3. The molecule has 3 nitrogen and oxygen atoms in total. The number of pyridine rings is 1. The summed E-state index contributed by atoms with van der Waals surface area (Å²) in [7, 11) is 0. The number of rotatable bonds is 4. The fourth-order valence-corrected chi connectivity index (χ4v) is 4.00. The van der Waals surface area contributed by atoms with Gasteiger partial charge in [0.1, 0.15) is 16.9 Å². The van der Waals surface area contributed by atoms with Gasteiger partial charge < -0.3 is 4.42 Å². The number of hydrogen-bond donors (Lipinski definition) is 0. The van der Waals surface area contributed by atoms with Crippen LogP contribution >= 0.6 is 15.9 Å². The van der Waals surface area contributed by atoms with Crippen LogP contribution in [0, 0.1) is 5.82 Å². The molecule has 0 aliphatic carbocycles. The van der Waals surface area contributed by atoms with E-state index in [-0.39, 0.29) is 5.82 Å². The normalized spacial score (nSPS) is 11.1. The van der Waals surface area contributed by atoms with Crippen molar-refractivity contribution < 1.29 is 13.4 Å². The molecule has 146 valence electrons. The van der Waals surface area contributed by atoms with E-state index >= 15 is 0 Å². The molecule has 0 unspecified atom stereocenters. The van der Waals surface area contributed by atoms with Gasteiger partial charge in [-0.1, -0.05) is 48.5 Å². The lowest BCUT2D eigenvalue weighted by Gasteiger charge is -2.02. The molecule has 0 fully saturated rings. The summed E-state index contributed by atoms with van der Waals surface area (Å²) >= 11 is 3.54. The van der Waals surface area contributed by atoms with Crippen molar-refractivity contribution in [3.05, 3.63) is 107 Å². The number of aromatic nitrogens is 2. The van der Waals surface area contributed by atoms with Crippen molar-refractivity contribution in [3.63, 3.8) is 0 Å². The van der Waals surface area contributed by atoms with Crippen LogP contribution in [0.4, 0.5) is 4.39 Å². The number of oxazole rings is 1. The predicted octanol–water partition coefficient (Wildman–Crippen LogP) is 6.40. The summed E-state index contributed by atoms with van der Waals surface area (Å²) in [5, 5.41) is 0. The summed E-state index contributed by atoms with van der Waals surface area (Å²) in [4.78, 5) is 4.70. The van der Waals surface area contributed by atoms with Crippen molar-refractivity contribution in [1.82, 2.24) is 4.98 Å². The third-order valence-corrected chi connectivity index (χ3v) is 5.37. The number of nitrogens with zero attached hydrogens (tertiary/aromatic N) is 2. The molecule has 0 amide bonds. The average molecular weight is 460 g/mol. The van der Waals surface area contributed by atoms with Crippen molar-refractivity contribution in [2.24, 2.45) is 0 Å².